The van der Waals surface area contributed by atoms with E-state index in [1.54, 1.807) is 6.29 Å². The van der Waals surface area contributed by atoms with E-state index in [1.165, 1.54) is 0 Å². The van der Waals surface area contributed by atoms with Gasteiger partial charge >= 0.3 is 0 Å². The molecule has 1 radical (unpaired) electrons. The first-order chi connectivity index (χ1) is 4.31. The van der Waals surface area contributed by atoms with Gasteiger partial charge in [0, 0.05) is 6.42 Å². The SMILES string of the molecule is CCCC(O)CC[C]=O. The zero-order valence-electron chi connectivity index (χ0n) is 5.76. The molecular formula is C7H13O2. The maximum absolute atomic E-state index is 9.68. The third-order valence-corrected chi connectivity index (χ3v) is 1.20. The molecule has 53 valence electrons. The summed E-state index contributed by atoms with van der Waals surface area (Å²) in [5.74, 6) is 0. The van der Waals surface area contributed by atoms with E-state index in [4.69, 9.17) is 5.11 Å². The Labute approximate surface area is 55.9 Å². The molecule has 0 aromatic carbocycles. The van der Waals surface area contributed by atoms with Gasteiger partial charge in [-0.15, -0.1) is 0 Å². The van der Waals surface area contributed by atoms with E-state index >= 15 is 0 Å². The molecule has 1 atom stereocenters. The summed E-state index contributed by atoms with van der Waals surface area (Å²) in [5.41, 5.74) is 0. The number of hydrogen-bond donors (Lipinski definition) is 1. The van der Waals surface area contributed by atoms with Gasteiger partial charge in [0.15, 0.2) is 6.29 Å². The van der Waals surface area contributed by atoms with Crippen LogP contribution in [0.25, 0.3) is 0 Å². The van der Waals surface area contributed by atoms with Crippen molar-refractivity contribution in [2.75, 3.05) is 0 Å². The molecule has 0 fully saturated rings. The van der Waals surface area contributed by atoms with Crippen molar-refractivity contribution in [3.05, 3.63) is 0 Å². The van der Waals surface area contributed by atoms with Gasteiger partial charge in [0.2, 0.25) is 0 Å². The van der Waals surface area contributed by atoms with Crippen LogP contribution in [-0.4, -0.2) is 17.5 Å². The summed E-state index contributed by atoms with van der Waals surface area (Å²) in [6.45, 7) is 2.01. The lowest BCUT2D eigenvalue weighted by atomic mass is 10.1. The van der Waals surface area contributed by atoms with Gasteiger partial charge in [-0.3, -0.25) is 4.79 Å². The molecule has 0 spiro atoms. The number of rotatable bonds is 5. The second-order valence-corrected chi connectivity index (χ2v) is 2.13. The van der Waals surface area contributed by atoms with Gasteiger partial charge in [-0.2, -0.15) is 0 Å². The van der Waals surface area contributed by atoms with Crippen LogP contribution >= 0.6 is 0 Å². The molecule has 0 aliphatic rings. The summed E-state index contributed by atoms with van der Waals surface area (Å²) in [4.78, 5) is 9.68. The van der Waals surface area contributed by atoms with Crippen molar-refractivity contribution in [3.8, 4) is 0 Å². The average molecular weight is 129 g/mol. The van der Waals surface area contributed by atoms with Gasteiger partial charge in [0.25, 0.3) is 0 Å². The summed E-state index contributed by atoms with van der Waals surface area (Å²) < 4.78 is 0. The highest BCUT2D eigenvalue weighted by Gasteiger charge is 2.00. The van der Waals surface area contributed by atoms with E-state index in [0.717, 1.165) is 12.8 Å². The molecule has 0 aliphatic carbocycles. The van der Waals surface area contributed by atoms with E-state index in [2.05, 4.69) is 0 Å². The minimum absolute atomic E-state index is 0.295. The van der Waals surface area contributed by atoms with Crippen LogP contribution < -0.4 is 0 Å². The molecule has 0 aromatic rings. The quantitative estimate of drug-likeness (QED) is 0.602. The predicted octanol–water partition coefficient (Wildman–Crippen LogP) is 1.04. The molecule has 0 heterocycles. The second-order valence-electron chi connectivity index (χ2n) is 2.13. The Morgan fingerprint density at radius 2 is 2.22 bits per heavy atom. The van der Waals surface area contributed by atoms with Crippen LogP contribution in [0.1, 0.15) is 32.6 Å². The van der Waals surface area contributed by atoms with Crippen LogP contribution in [-0.2, 0) is 4.79 Å². The first kappa shape index (κ1) is 8.63. The van der Waals surface area contributed by atoms with Crippen molar-refractivity contribution in [1.82, 2.24) is 0 Å². The summed E-state index contributed by atoms with van der Waals surface area (Å²) in [5, 5.41) is 9.00. The average Bonchev–Trinajstić information content (AvgIpc) is 1.85. The molecule has 2 nitrogen and oxygen atoms in total. The van der Waals surface area contributed by atoms with Crippen molar-refractivity contribution < 1.29 is 9.90 Å². The van der Waals surface area contributed by atoms with Gasteiger partial charge in [-0.05, 0) is 12.8 Å². The minimum atomic E-state index is -0.295. The Kier molecular flexibility index (Phi) is 5.52. The standard InChI is InChI=1S/C7H13O2/c1-2-4-7(9)5-3-6-8/h7,9H,2-5H2,1H3. The van der Waals surface area contributed by atoms with E-state index in [-0.39, 0.29) is 6.10 Å². The summed E-state index contributed by atoms with van der Waals surface area (Å²) in [6.07, 6.45) is 4.15. The van der Waals surface area contributed by atoms with Crippen LogP contribution in [0.15, 0.2) is 0 Å². The molecule has 0 saturated heterocycles. The Balaban J connectivity index is 3.04. The maximum Gasteiger partial charge on any atom is 0.198 e. The van der Waals surface area contributed by atoms with Gasteiger partial charge in [0.1, 0.15) is 0 Å². The van der Waals surface area contributed by atoms with Gasteiger partial charge in [-0.25, -0.2) is 0 Å². The molecule has 2 heteroatoms. The number of carbonyl (C=O) groups excluding carboxylic acids is 1. The van der Waals surface area contributed by atoms with Gasteiger partial charge < -0.3 is 5.11 Å². The van der Waals surface area contributed by atoms with Crippen molar-refractivity contribution >= 4 is 6.29 Å². The number of aliphatic hydroxyl groups excluding tert-OH is 1. The monoisotopic (exact) mass is 129 g/mol. The number of hydrogen-bond acceptors (Lipinski definition) is 2. The Bertz CT molecular complexity index is 71.3. The van der Waals surface area contributed by atoms with Crippen LogP contribution in [0.2, 0.25) is 0 Å². The zero-order chi connectivity index (χ0) is 7.11. The Morgan fingerprint density at radius 3 is 2.67 bits per heavy atom. The van der Waals surface area contributed by atoms with E-state index in [9.17, 15) is 4.79 Å². The van der Waals surface area contributed by atoms with E-state index < -0.39 is 0 Å². The summed E-state index contributed by atoms with van der Waals surface area (Å²) in [6, 6.07) is 0. The molecular weight excluding hydrogens is 116 g/mol. The molecule has 1 N–H and O–H groups in total. The fourth-order valence-electron chi connectivity index (χ4n) is 0.703. The Hall–Kier alpha value is -0.370. The fourth-order valence-corrected chi connectivity index (χ4v) is 0.703. The molecule has 0 saturated carbocycles. The zero-order valence-corrected chi connectivity index (χ0v) is 5.76. The highest BCUT2D eigenvalue weighted by molar-refractivity contribution is 5.50. The fraction of sp³-hybridized carbons (Fsp3) is 0.857. The molecule has 0 rings (SSSR count). The highest BCUT2D eigenvalue weighted by atomic mass is 16.3. The van der Waals surface area contributed by atoms with E-state index in [1.807, 2.05) is 6.92 Å². The van der Waals surface area contributed by atoms with Crippen LogP contribution in [0.5, 0.6) is 0 Å². The topological polar surface area (TPSA) is 37.3 Å². The summed E-state index contributed by atoms with van der Waals surface area (Å²) >= 11 is 0. The predicted molar refractivity (Wildman–Crippen MR) is 35.8 cm³/mol. The molecule has 0 aliphatic heterocycles. The van der Waals surface area contributed by atoms with Crippen molar-refractivity contribution in [3.63, 3.8) is 0 Å². The maximum atomic E-state index is 9.68. The van der Waals surface area contributed by atoms with Crippen molar-refractivity contribution in [2.24, 2.45) is 0 Å². The first-order valence-electron chi connectivity index (χ1n) is 3.34. The summed E-state index contributed by atoms with van der Waals surface area (Å²) in [7, 11) is 0. The molecule has 0 bridgehead atoms. The lowest BCUT2D eigenvalue weighted by molar-refractivity contribution is 0.156. The molecule has 1 unspecified atom stereocenters. The van der Waals surface area contributed by atoms with Crippen LogP contribution in [0.3, 0.4) is 0 Å². The lowest BCUT2D eigenvalue weighted by Crippen LogP contribution is -2.04. The van der Waals surface area contributed by atoms with Crippen LogP contribution in [0.4, 0.5) is 0 Å². The third-order valence-electron chi connectivity index (χ3n) is 1.20. The third kappa shape index (κ3) is 5.50. The molecule has 9 heavy (non-hydrogen) atoms. The molecule has 0 aromatic heterocycles. The highest BCUT2D eigenvalue weighted by Crippen LogP contribution is 2.01. The van der Waals surface area contributed by atoms with Crippen LogP contribution in [0, 0.1) is 0 Å². The first-order valence-corrected chi connectivity index (χ1v) is 3.34. The normalized spacial score (nSPS) is 13.1. The lowest BCUT2D eigenvalue weighted by Gasteiger charge is -2.04. The van der Waals surface area contributed by atoms with Gasteiger partial charge in [-0.1, -0.05) is 13.3 Å². The largest absolute Gasteiger partial charge is 0.393 e. The Morgan fingerprint density at radius 1 is 1.56 bits per heavy atom. The minimum Gasteiger partial charge on any atom is -0.393 e. The van der Waals surface area contributed by atoms with E-state index in [0.29, 0.717) is 12.8 Å². The van der Waals surface area contributed by atoms with Crippen molar-refractivity contribution in [1.29, 1.82) is 0 Å². The number of aliphatic hydroxyl groups is 1. The van der Waals surface area contributed by atoms with Crippen molar-refractivity contribution in [2.45, 2.75) is 38.7 Å². The molecule has 0 amide bonds. The second kappa shape index (κ2) is 5.76. The van der Waals surface area contributed by atoms with Gasteiger partial charge in [0.05, 0.1) is 6.10 Å². The smallest absolute Gasteiger partial charge is 0.198 e.